The fourth-order valence-electron chi connectivity index (χ4n) is 1.59. The van der Waals surface area contributed by atoms with Gasteiger partial charge < -0.3 is 9.67 Å². The highest BCUT2D eigenvalue weighted by Crippen LogP contribution is 2.05. The van der Waals surface area contributed by atoms with Gasteiger partial charge in [-0.05, 0) is 17.7 Å². The second-order valence-electron chi connectivity index (χ2n) is 3.86. The Morgan fingerprint density at radius 3 is 2.33 bits per heavy atom. The molecule has 0 aliphatic heterocycles. The number of aliphatic hydroxyl groups excluding tert-OH is 1. The zero-order valence-electron chi connectivity index (χ0n) is 9.84. The van der Waals surface area contributed by atoms with Crippen molar-refractivity contribution >= 4 is 0 Å². The number of aliphatic hydroxyl groups is 1. The Hall–Kier alpha value is -2.31. The molecular formula is C15H13NO2. The molecule has 0 saturated heterocycles. The van der Waals surface area contributed by atoms with Gasteiger partial charge in [-0.2, -0.15) is 0 Å². The summed E-state index contributed by atoms with van der Waals surface area (Å²) in [5, 5.41) is 8.60. The van der Waals surface area contributed by atoms with Crippen LogP contribution >= 0.6 is 0 Å². The molecule has 0 atom stereocenters. The van der Waals surface area contributed by atoms with Crippen molar-refractivity contribution in [2.75, 3.05) is 6.61 Å². The number of hydrogen-bond acceptors (Lipinski definition) is 2. The summed E-state index contributed by atoms with van der Waals surface area (Å²) in [6.45, 7) is 0.590. The van der Waals surface area contributed by atoms with E-state index in [2.05, 4.69) is 11.8 Å². The summed E-state index contributed by atoms with van der Waals surface area (Å²) in [7, 11) is 0. The third-order valence-electron chi connectivity index (χ3n) is 2.49. The van der Waals surface area contributed by atoms with Gasteiger partial charge in [-0.1, -0.05) is 24.0 Å². The molecule has 3 nitrogen and oxygen atoms in total. The van der Waals surface area contributed by atoms with Crippen molar-refractivity contribution in [3.8, 4) is 11.8 Å². The van der Waals surface area contributed by atoms with E-state index in [1.54, 1.807) is 24.5 Å². The summed E-state index contributed by atoms with van der Waals surface area (Å²) >= 11 is 0. The molecule has 0 amide bonds. The van der Waals surface area contributed by atoms with Crippen LogP contribution in [0.15, 0.2) is 53.6 Å². The molecule has 0 aliphatic carbocycles. The maximum atomic E-state index is 11.0. The summed E-state index contributed by atoms with van der Waals surface area (Å²) in [6, 6.07) is 10.9. The van der Waals surface area contributed by atoms with Crippen LogP contribution in [0, 0.1) is 11.8 Å². The monoisotopic (exact) mass is 239 g/mol. The molecule has 18 heavy (non-hydrogen) atoms. The number of aromatic nitrogens is 1. The molecule has 0 fully saturated rings. The largest absolute Gasteiger partial charge is 0.384 e. The van der Waals surface area contributed by atoms with Gasteiger partial charge in [-0.15, -0.1) is 0 Å². The van der Waals surface area contributed by atoms with Gasteiger partial charge in [-0.25, -0.2) is 0 Å². The van der Waals surface area contributed by atoms with E-state index in [0.717, 1.165) is 11.1 Å². The third kappa shape index (κ3) is 3.34. The Morgan fingerprint density at radius 2 is 1.72 bits per heavy atom. The highest BCUT2D eigenvalue weighted by atomic mass is 16.2. The molecule has 3 heteroatoms. The highest BCUT2D eigenvalue weighted by Gasteiger charge is 1.94. The van der Waals surface area contributed by atoms with Gasteiger partial charge in [0.2, 0.25) is 0 Å². The average Bonchev–Trinajstić information content (AvgIpc) is 2.41. The minimum absolute atomic E-state index is 0.0147. The number of nitrogens with zero attached hydrogens (tertiary/aromatic N) is 1. The fourth-order valence-corrected chi connectivity index (χ4v) is 1.59. The van der Waals surface area contributed by atoms with Crippen molar-refractivity contribution in [3.63, 3.8) is 0 Å². The summed E-state index contributed by atoms with van der Waals surface area (Å²) < 4.78 is 1.94. The second kappa shape index (κ2) is 5.85. The summed E-state index contributed by atoms with van der Waals surface area (Å²) in [5.41, 5.74) is 2.03. The van der Waals surface area contributed by atoms with Crippen LogP contribution in [-0.4, -0.2) is 16.3 Å². The molecule has 0 unspecified atom stereocenters. The van der Waals surface area contributed by atoms with Gasteiger partial charge in [0.15, 0.2) is 5.43 Å². The molecule has 0 radical (unpaired) electrons. The van der Waals surface area contributed by atoms with E-state index in [4.69, 9.17) is 5.11 Å². The predicted molar refractivity (Wildman–Crippen MR) is 70.2 cm³/mol. The van der Waals surface area contributed by atoms with E-state index in [1.807, 2.05) is 28.8 Å². The molecular weight excluding hydrogens is 226 g/mol. The van der Waals surface area contributed by atoms with Gasteiger partial charge in [0, 0.05) is 36.6 Å². The lowest BCUT2D eigenvalue weighted by molar-refractivity contribution is 0.350. The molecule has 0 saturated carbocycles. The van der Waals surface area contributed by atoms with Gasteiger partial charge in [0.1, 0.15) is 6.61 Å². The van der Waals surface area contributed by atoms with Crippen molar-refractivity contribution in [2.45, 2.75) is 6.54 Å². The summed E-state index contributed by atoms with van der Waals surface area (Å²) in [5.74, 6) is 5.45. The standard InChI is InChI=1S/C15H13NO2/c17-11-1-2-13-3-5-14(6-4-13)12-16-9-7-15(18)8-10-16/h3-10,17H,11-12H2. The van der Waals surface area contributed by atoms with Crippen LogP contribution < -0.4 is 5.43 Å². The van der Waals surface area contributed by atoms with Crippen LogP contribution in [-0.2, 0) is 6.54 Å². The van der Waals surface area contributed by atoms with Crippen molar-refractivity contribution in [2.24, 2.45) is 0 Å². The van der Waals surface area contributed by atoms with E-state index in [9.17, 15) is 4.79 Å². The lowest BCUT2D eigenvalue weighted by atomic mass is 10.1. The summed E-state index contributed by atoms with van der Waals surface area (Å²) in [6.07, 6.45) is 3.53. The Balaban J connectivity index is 2.10. The molecule has 0 spiro atoms. The van der Waals surface area contributed by atoms with Crippen LogP contribution in [0.4, 0.5) is 0 Å². The van der Waals surface area contributed by atoms with Crippen LogP contribution in [0.2, 0.25) is 0 Å². The molecule has 90 valence electrons. The van der Waals surface area contributed by atoms with Crippen LogP contribution in [0.1, 0.15) is 11.1 Å². The number of hydrogen-bond donors (Lipinski definition) is 1. The van der Waals surface area contributed by atoms with Gasteiger partial charge >= 0.3 is 0 Å². The van der Waals surface area contributed by atoms with E-state index < -0.39 is 0 Å². The minimum atomic E-state index is -0.126. The zero-order valence-corrected chi connectivity index (χ0v) is 9.84. The summed E-state index contributed by atoms with van der Waals surface area (Å²) in [4.78, 5) is 11.0. The first-order chi connectivity index (χ1) is 8.78. The Bertz CT molecular complexity index is 610. The third-order valence-corrected chi connectivity index (χ3v) is 2.49. The van der Waals surface area contributed by atoms with Crippen LogP contribution in [0.3, 0.4) is 0 Å². The van der Waals surface area contributed by atoms with E-state index >= 15 is 0 Å². The van der Waals surface area contributed by atoms with Crippen LogP contribution in [0.5, 0.6) is 0 Å². The Morgan fingerprint density at radius 1 is 1.06 bits per heavy atom. The van der Waals surface area contributed by atoms with Crippen LogP contribution in [0.25, 0.3) is 0 Å². The molecule has 2 rings (SSSR count). The Labute approximate surface area is 105 Å². The number of pyridine rings is 1. The highest BCUT2D eigenvalue weighted by molar-refractivity contribution is 5.36. The molecule has 1 heterocycles. The lowest BCUT2D eigenvalue weighted by Crippen LogP contribution is -2.04. The SMILES string of the molecule is O=c1ccn(Cc2ccc(C#CCO)cc2)cc1. The van der Waals surface area contributed by atoms with Gasteiger partial charge in [0.05, 0.1) is 0 Å². The average molecular weight is 239 g/mol. The molecule has 2 aromatic rings. The molecule has 1 aromatic heterocycles. The number of rotatable bonds is 2. The smallest absolute Gasteiger partial charge is 0.181 e. The maximum Gasteiger partial charge on any atom is 0.181 e. The van der Waals surface area contributed by atoms with E-state index in [0.29, 0.717) is 6.54 Å². The van der Waals surface area contributed by atoms with E-state index in [-0.39, 0.29) is 12.0 Å². The topological polar surface area (TPSA) is 42.2 Å². The minimum Gasteiger partial charge on any atom is -0.384 e. The number of benzene rings is 1. The predicted octanol–water partition coefficient (Wildman–Crippen LogP) is 1.24. The first-order valence-corrected chi connectivity index (χ1v) is 5.63. The normalized spacial score (nSPS) is 9.61. The zero-order chi connectivity index (χ0) is 12.8. The molecule has 0 bridgehead atoms. The quantitative estimate of drug-likeness (QED) is 0.801. The van der Waals surface area contributed by atoms with Crippen molar-refractivity contribution in [3.05, 3.63) is 70.1 Å². The van der Waals surface area contributed by atoms with Crippen molar-refractivity contribution < 1.29 is 5.11 Å². The van der Waals surface area contributed by atoms with Crippen molar-refractivity contribution in [1.82, 2.24) is 4.57 Å². The molecule has 1 N–H and O–H groups in total. The van der Waals surface area contributed by atoms with Gasteiger partial charge in [-0.3, -0.25) is 4.79 Å². The van der Waals surface area contributed by atoms with Gasteiger partial charge in [0.25, 0.3) is 0 Å². The van der Waals surface area contributed by atoms with Crippen molar-refractivity contribution in [1.29, 1.82) is 0 Å². The Kier molecular flexibility index (Phi) is 3.95. The maximum absolute atomic E-state index is 11.0. The fraction of sp³-hybridized carbons (Fsp3) is 0.133. The second-order valence-corrected chi connectivity index (χ2v) is 3.86. The molecule has 0 aliphatic rings. The first kappa shape index (κ1) is 12.2. The molecule has 1 aromatic carbocycles. The lowest BCUT2D eigenvalue weighted by Gasteiger charge is -2.05. The van der Waals surface area contributed by atoms with E-state index in [1.165, 1.54) is 0 Å². The first-order valence-electron chi connectivity index (χ1n) is 5.63.